The van der Waals surface area contributed by atoms with Gasteiger partial charge in [-0.1, -0.05) is 5.16 Å². The molecule has 2 aromatic rings. The summed E-state index contributed by atoms with van der Waals surface area (Å²) in [4.78, 5) is 10.4. The highest BCUT2D eigenvalue weighted by molar-refractivity contribution is 5.94. The summed E-state index contributed by atoms with van der Waals surface area (Å²) in [6.45, 7) is 0. The lowest BCUT2D eigenvalue weighted by Gasteiger charge is -2.23. The zero-order valence-corrected chi connectivity index (χ0v) is 11.2. The molecule has 1 aromatic carbocycles. The van der Waals surface area contributed by atoms with Gasteiger partial charge in [0.15, 0.2) is 0 Å². The lowest BCUT2D eigenvalue weighted by molar-refractivity contribution is -0.384. The van der Waals surface area contributed by atoms with Gasteiger partial charge in [0, 0.05) is 23.4 Å². The predicted molar refractivity (Wildman–Crippen MR) is 75.5 cm³/mol. The van der Waals surface area contributed by atoms with Gasteiger partial charge in [0.25, 0.3) is 5.69 Å². The topological polar surface area (TPSA) is 93.5 Å². The zero-order valence-electron chi connectivity index (χ0n) is 11.2. The molecule has 0 aliphatic heterocycles. The number of nitro benzene ring substituents is 1. The lowest BCUT2D eigenvalue weighted by atomic mass is 9.93. The Morgan fingerprint density at radius 1 is 1.43 bits per heavy atom. The van der Waals surface area contributed by atoms with Crippen molar-refractivity contribution in [3.8, 4) is 0 Å². The lowest BCUT2D eigenvalue weighted by Crippen LogP contribution is -2.26. The minimum absolute atomic E-state index is 0.0206. The standard InChI is InChI=1S/C14H14N4O3/c19-16-13-8-1-2-9(5-8)14(13)17-12-4-3-11(18(20)21)6-10(12)7-15-17/h3-4,6-9,14,19H,1-2,5H2/b16-13+. The molecule has 0 radical (unpaired) electrons. The van der Waals surface area contributed by atoms with Crippen LogP contribution in [0.5, 0.6) is 0 Å². The molecule has 2 fully saturated rings. The van der Waals surface area contributed by atoms with Gasteiger partial charge in [0.05, 0.1) is 28.4 Å². The third kappa shape index (κ3) is 1.66. The highest BCUT2D eigenvalue weighted by Crippen LogP contribution is 2.49. The number of rotatable bonds is 2. The highest BCUT2D eigenvalue weighted by atomic mass is 16.6. The Morgan fingerprint density at radius 2 is 2.29 bits per heavy atom. The minimum Gasteiger partial charge on any atom is -0.411 e. The molecule has 0 amide bonds. The van der Waals surface area contributed by atoms with E-state index in [0.29, 0.717) is 11.8 Å². The Morgan fingerprint density at radius 3 is 3.05 bits per heavy atom. The summed E-state index contributed by atoms with van der Waals surface area (Å²) in [6.07, 6.45) is 4.87. The fourth-order valence-corrected chi connectivity index (χ4v) is 3.90. The molecule has 0 spiro atoms. The van der Waals surface area contributed by atoms with E-state index in [-0.39, 0.29) is 11.7 Å². The molecule has 3 unspecified atom stereocenters. The predicted octanol–water partition coefficient (Wildman–Crippen LogP) is 2.75. The fraction of sp³-hybridized carbons (Fsp3) is 0.429. The van der Waals surface area contributed by atoms with Gasteiger partial charge in [-0.2, -0.15) is 5.10 Å². The first-order valence-corrected chi connectivity index (χ1v) is 7.02. The summed E-state index contributed by atoms with van der Waals surface area (Å²) in [5.41, 5.74) is 1.71. The molecular formula is C14H14N4O3. The van der Waals surface area contributed by atoms with Crippen LogP contribution < -0.4 is 0 Å². The third-order valence-electron chi connectivity index (χ3n) is 4.81. The van der Waals surface area contributed by atoms with E-state index in [1.807, 2.05) is 4.68 Å². The van der Waals surface area contributed by atoms with E-state index in [2.05, 4.69) is 10.3 Å². The van der Waals surface area contributed by atoms with E-state index in [1.54, 1.807) is 12.3 Å². The van der Waals surface area contributed by atoms with Crippen LogP contribution in [0.2, 0.25) is 0 Å². The van der Waals surface area contributed by atoms with Gasteiger partial charge in [-0.15, -0.1) is 0 Å². The molecule has 21 heavy (non-hydrogen) atoms. The largest absolute Gasteiger partial charge is 0.411 e. The number of non-ortho nitro benzene ring substituents is 1. The molecule has 7 heteroatoms. The second-order valence-electron chi connectivity index (χ2n) is 5.83. The summed E-state index contributed by atoms with van der Waals surface area (Å²) in [6, 6.07) is 4.72. The minimum atomic E-state index is -0.408. The van der Waals surface area contributed by atoms with E-state index < -0.39 is 4.92 Å². The van der Waals surface area contributed by atoms with Crippen LogP contribution in [0.4, 0.5) is 5.69 Å². The fourth-order valence-electron chi connectivity index (χ4n) is 3.90. The third-order valence-corrected chi connectivity index (χ3v) is 4.81. The van der Waals surface area contributed by atoms with Crippen molar-refractivity contribution < 1.29 is 10.1 Å². The average molecular weight is 286 g/mol. The van der Waals surface area contributed by atoms with Crippen LogP contribution in [0.1, 0.15) is 25.3 Å². The first-order valence-electron chi connectivity index (χ1n) is 7.02. The van der Waals surface area contributed by atoms with Crippen LogP contribution in [0.25, 0.3) is 10.9 Å². The first-order chi connectivity index (χ1) is 10.2. The molecule has 1 N–H and O–H groups in total. The van der Waals surface area contributed by atoms with Crippen LogP contribution in [0.15, 0.2) is 29.6 Å². The molecule has 4 rings (SSSR count). The smallest absolute Gasteiger partial charge is 0.270 e. The van der Waals surface area contributed by atoms with Crippen LogP contribution in [-0.2, 0) is 0 Å². The van der Waals surface area contributed by atoms with Gasteiger partial charge >= 0.3 is 0 Å². The number of oxime groups is 1. The van der Waals surface area contributed by atoms with Gasteiger partial charge in [0.1, 0.15) is 0 Å². The quantitative estimate of drug-likeness (QED) is 0.521. The Kier molecular flexibility index (Phi) is 2.51. The molecule has 1 heterocycles. The number of hydrogen-bond donors (Lipinski definition) is 1. The molecule has 7 nitrogen and oxygen atoms in total. The van der Waals surface area contributed by atoms with Gasteiger partial charge in [-0.05, 0) is 31.2 Å². The van der Waals surface area contributed by atoms with Crippen molar-refractivity contribution in [3.63, 3.8) is 0 Å². The van der Waals surface area contributed by atoms with Crippen molar-refractivity contribution in [3.05, 3.63) is 34.5 Å². The van der Waals surface area contributed by atoms with Gasteiger partial charge in [-0.25, -0.2) is 0 Å². The summed E-state index contributed by atoms with van der Waals surface area (Å²) in [5.74, 6) is 0.793. The van der Waals surface area contributed by atoms with Crippen molar-refractivity contribution in [1.82, 2.24) is 9.78 Å². The molecule has 2 saturated carbocycles. The molecular weight excluding hydrogens is 272 g/mol. The van der Waals surface area contributed by atoms with Gasteiger partial charge < -0.3 is 5.21 Å². The Bertz CT molecular complexity index is 767. The van der Waals surface area contributed by atoms with E-state index in [1.165, 1.54) is 12.1 Å². The SMILES string of the molecule is O=[N+]([O-])c1ccc2c(cnn2C2/C(=N/O)C3CCC2C3)c1. The second kappa shape index (κ2) is 4.28. The molecule has 108 valence electrons. The van der Waals surface area contributed by atoms with Crippen LogP contribution in [0.3, 0.4) is 0 Å². The zero-order chi connectivity index (χ0) is 14.6. The Labute approximate surface area is 120 Å². The van der Waals surface area contributed by atoms with Crippen molar-refractivity contribution in [2.24, 2.45) is 17.0 Å². The van der Waals surface area contributed by atoms with Crippen LogP contribution >= 0.6 is 0 Å². The summed E-state index contributed by atoms with van der Waals surface area (Å²) in [7, 11) is 0. The van der Waals surface area contributed by atoms with Crippen LogP contribution in [-0.4, -0.2) is 25.6 Å². The number of hydrogen-bond acceptors (Lipinski definition) is 5. The first kappa shape index (κ1) is 12.3. The molecule has 2 bridgehead atoms. The maximum atomic E-state index is 10.8. The van der Waals surface area contributed by atoms with Crippen molar-refractivity contribution in [1.29, 1.82) is 0 Å². The monoisotopic (exact) mass is 286 g/mol. The van der Waals surface area contributed by atoms with Crippen molar-refractivity contribution >= 4 is 22.3 Å². The van der Waals surface area contributed by atoms with E-state index in [4.69, 9.17) is 0 Å². The van der Waals surface area contributed by atoms with Crippen LogP contribution in [0, 0.1) is 22.0 Å². The van der Waals surface area contributed by atoms with E-state index in [0.717, 1.165) is 35.9 Å². The maximum Gasteiger partial charge on any atom is 0.270 e. The summed E-state index contributed by atoms with van der Waals surface area (Å²) < 4.78 is 1.86. The number of nitro groups is 1. The molecule has 1 aromatic heterocycles. The van der Waals surface area contributed by atoms with E-state index >= 15 is 0 Å². The number of nitrogens with zero attached hydrogens (tertiary/aromatic N) is 4. The molecule has 3 atom stereocenters. The number of fused-ring (bicyclic) bond motifs is 3. The average Bonchev–Trinajstić information content (AvgIpc) is 3.19. The number of aromatic nitrogens is 2. The van der Waals surface area contributed by atoms with Gasteiger partial charge in [0.2, 0.25) is 0 Å². The normalized spacial score (nSPS) is 29.5. The second-order valence-corrected chi connectivity index (χ2v) is 5.83. The van der Waals surface area contributed by atoms with Crippen molar-refractivity contribution in [2.45, 2.75) is 25.3 Å². The summed E-state index contributed by atoms with van der Waals surface area (Å²) in [5, 5.41) is 28.8. The Hall–Kier alpha value is -2.44. The Balaban J connectivity index is 1.82. The van der Waals surface area contributed by atoms with E-state index in [9.17, 15) is 15.3 Å². The number of benzene rings is 1. The summed E-state index contributed by atoms with van der Waals surface area (Å²) >= 11 is 0. The van der Waals surface area contributed by atoms with Crippen molar-refractivity contribution in [2.75, 3.05) is 0 Å². The molecule has 2 aliphatic rings. The molecule has 0 saturated heterocycles. The van der Waals surface area contributed by atoms with Gasteiger partial charge in [-0.3, -0.25) is 14.8 Å². The highest BCUT2D eigenvalue weighted by Gasteiger charge is 2.47. The maximum absolute atomic E-state index is 10.8. The molecule has 2 aliphatic carbocycles.